The van der Waals surface area contributed by atoms with Crippen LogP contribution in [0.5, 0.6) is 11.5 Å². The molecule has 1 saturated carbocycles. The lowest BCUT2D eigenvalue weighted by Gasteiger charge is -2.34. The first kappa shape index (κ1) is 14.6. The summed E-state index contributed by atoms with van der Waals surface area (Å²) in [5, 5.41) is 11.0. The Hall–Kier alpha value is -1.82. The molecule has 1 aromatic rings. The number of nitrogens with zero attached hydrogens (tertiary/aromatic N) is 1. The fraction of sp³-hybridized carbons (Fsp3) is 0.571. The number of nitrogens with two attached hydrogens (primary N) is 1. The monoisotopic (exact) mass is 280 g/mol. The van der Waals surface area contributed by atoms with Crippen LogP contribution in [0.15, 0.2) is 18.2 Å². The summed E-state index contributed by atoms with van der Waals surface area (Å²) in [6.45, 7) is 4.34. The highest BCUT2D eigenvalue weighted by Crippen LogP contribution is 2.35. The van der Waals surface area contributed by atoms with E-state index >= 15 is 0 Å². The minimum atomic E-state index is -0.449. The van der Waals surface area contributed by atoms with Gasteiger partial charge in [-0.2, -0.15) is 0 Å². The van der Waals surface area contributed by atoms with E-state index in [4.69, 9.17) is 15.2 Å². The predicted molar refractivity (Wildman–Crippen MR) is 75.1 cm³/mol. The van der Waals surface area contributed by atoms with E-state index in [9.17, 15) is 10.1 Å². The highest BCUT2D eigenvalue weighted by Gasteiger charge is 2.30. The molecule has 0 heterocycles. The van der Waals surface area contributed by atoms with Crippen molar-refractivity contribution < 1.29 is 14.4 Å². The molecule has 2 rings (SSSR count). The number of hydrogen-bond donors (Lipinski definition) is 1. The molecule has 1 fully saturated rings. The Balaban J connectivity index is 2.09. The van der Waals surface area contributed by atoms with Gasteiger partial charge in [0.25, 0.3) is 0 Å². The topological polar surface area (TPSA) is 87.6 Å². The zero-order chi connectivity index (χ0) is 14.7. The maximum absolute atomic E-state index is 11.0. The Morgan fingerprint density at radius 1 is 1.45 bits per heavy atom. The van der Waals surface area contributed by atoms with Gasteiger partial charge in [-0.05, 0) is 45.2 Å². The number of ether oxygens (including phenoxy) is 2. The van der Waals surface area contributed by atoms with E-state index in [1.165, 1.54) is 6.07 Å². The predicted octanol–water partition coefficient (Wildman–Crippen LogP) is 2.50. The smallest absolute Gasteiger partial charge is 0.311 e. The Morgan fingerprint density at radius 3 is 2.70 bits per heavy atom. The van der Waals surface area contributed by atoms with Crippen LogP contribution in [0.2, 0.25) is 0 Å². The number of benzene rings is 1. The van der Waals surface area contributed by atoms with Gasteiger partial charge < -0.3 is 15.2 Å². The van der Waals surface area contributed by atoms with Gasteiger partial charge in [0.1, 0.15) is 5.75 Å². The van der Waals surface area contributed by atoms with E-state index in [1.807, 2.05) is 13.8 Å². The molecule has 1 aromatic carbocycles. The third-order valence-corrected chi connectivity index (χ3v) is 3.32. The third-order valence-electron chi connectivity index (χ3n) is 3.32. The second-order valence-corrected chi connectivity index (χ2v) is 5.37. The van der Waals surface area contributed by atoms with Crippen LogP contribution in [0, 0.1) is 16.0 Å². The van der Waals surface area contributed by atoms with Gasteiger partial charge in [0.15, 0.2) is 0 Å². The molecule has 110 valence electrons. The first-order valence-corrected chi connectivity index (χ1v) is 6.81. The molecular weight excluding hydrogens is 260 g/mol. The van der Waals surface area contributed by atoms with Crippen molar-refractivity contribution in [1.82, 2.24) is 0 Å². The van der Waals surface area contributed by atoms with Crippen molar-refractivity contribution in [2.45, 2.75) is 38.9 Å². The lowest BCUT2D eigenvalue weighted by molar-refractivity contribution is -0.386. The van der Waals surface area contributed by atoms with Crippen molar-refractivity contribution in [1.29, 1.82) is 0 Å². The maximum Gasteiger partial charge on any atom is 0.311 e. The number of rotatable bonds is 6. The van der Waals surface area contributed by atoms with Gasteiger partial charge in [0.05, 0.1) is 17.1 Å². The van der Waals surface area contributed by atoms with Crippen molar-refractivity contribution in [3.05, 3.63) is 28.3 Å². The van der Waals surface area contributed by atoms with Gasteiger partial charge in [-0.3, -0.25) is 10.1 Å². The molecule has 0 aromatic heterocycles. The van der Waals surface area contributed by atoms with E-state index < -0.39 is 4.92 Å². The molecule has 0 unspecified atom stereocenters. The minimum absolute atomic E-state index is 0.0421. The van der Waals surface area contributed by atoms with Gasteiger partial charge in [-0.15, -0.1) is 0 Å². The summed E-state index contributed by atoms with van der Waals surface area (Å²) >= 11 is 0. The Labute approximate surface area is 118 Å². The van der Waals surface area contributed by atoms with Gasteiger partial charge in [-0.25, -0.2) is 0 Å². The van der Waals surface area contributed by atoms with Gasteiger partial charge in [-0.1, -0.05) is 0 Å². The quantitative estimate of drug-likeness (QED) is 0.639. The number of nitro groups is 1. The van der Waals surface area contributed by atoms with Crippen LogP contribution in [-0.4, -0.2) is 23.7 Å². The molecule has 0 aliphatic heterocycles. The van der Waals surface area contributed by atoms with E-state index in [0.29, 0.717) is 18.2 Å². The SMILES string of the molecule is CC(C)Oc1cc(OC2CC(CN)C2)ccc1[N+](=O)[O-]. The summed E-state index contributed by atoms with van der Waals surface area (Å²) in [4.78, 5) is 10.5. The average Bonchev–Trinajstić information content (AvgIpc) is 2.32. The molecule has 20 heavy (non-hydrogen) atoms. The first-order chi connectivity index (χ1) is 9.49. The highest BCUT2D eigenvalue weighted by molar-refractivity contribution is 5.50. The Kier molecular flexibility index (Phi) is 4.44. The summed E-state index contributed by atoms with van der Waals surface area (Å²) in [6.07, 6.45) is 1.90. The van der Waals surface area contributed by atoms with Gasteiger partial charge >= 0.3 is 5.69 Å². The summed E-state index contributed by atoms with van der Waals surface area (Å²) in [6, 6.07) is 4.63. The average molecular weight is 280 g/mol. The number of nitro benzene ring substituents is 1. The van der Waals surface area contributed by atoms with Gasteiger partial charge in [0, 0.05) is 12.1 Å². The molecule has 0 amide bonds. The highest BCUT2D eigenvalue weighted by atomic mass is 16.6. The van der Waals surface area contributed by atoms with E-state index in [-0.39, 0.29) is 23.6 Å². The normalized spacial score (nSPS) is 21.4. The number of hydrogen-bond acceptors (Lipinski definition) is 5. The molecule has 0 spiro atoms. The zero-order valence-corrected chi connectivity index (χ0v) is 11.7. The van der Waals surface area contributed by atoms with Crippen LogP contribution in [0.25, 0.3) is 0 Å². The zero-order valence-electron chi connectivity index (χ0n) is 11.7. The lowest BCUT2D eigenvalue weighted by atomic mass is 9.82. The van der Waals surface area contributed by atoms with Crippen LogP contribution in [0.4, 0.5) is 5.69 Å². The van der Waals surface area contributed by atoms with E-state index in [0.717, 1.165) is 12.8 Å². The van der Waals surface area contributed by atoms with Crippen molar-refractivity contribution in [2.24, 2.45) is 11.7 Å². The van der Waals surface area contributed by atoms with Crippen LogP contribution >= 0.6 is 0 Å². The summed E-state index contributed by atoms with van der Waals surface area (Å²) in [5.41, 5.74) is 5.53. The van der Waals surface area contributed by atoms with Gasteiger partial charge in [0.2, 0.25) is 5.75 Å². The molecule has 0 saturated heterocycles. The Morgan fingerprint density at radius 2 is 2.15 bits per heavy atom. The lowest BCUT2D eigenvalue weighted by Crippen LogP contribution is -2.37. The summed E-state index contributed by atoms with van der Waals surface area (Å²) < 4.78 is 11.3. The largest absolute Gasteiger partial charge is 0.490 e. The molecule has 6 nitrogen and oxygen atoms in total. The van der Waals surface area contributed by atoms with E-state index in [1.54, 1.807) is 12.1 Å². The third kappa shape index (κ3) is 3.39. The van der Waals surface area contributed by atoms with Crippen LogP contribution < -0.4 is 15.2 Å². The molecule has 1 aliphatic carbocycles. The molecule has 6 heteroatoms. The van der Waals surface area contributed by atoms with Crippen LogP contribution in [-0.2, 0) is 0 Å². The fourth-order valence-electron chi connectivity index (χ4n) is 2.22. The standard InChI is InChI=1S/C14H20N2O4/c1-9(2)19-14-7-11(3-4-13(14)16(17)18)20-12-5-10(6-12)8-15/h3-4,7,9-10,12H,5-6,8,15H2,1-2H3. The fourth-order valence-corrected chi connectivity index (χ4v) is 2.22. The van der Waals surface area contributed by atoms with Crippen LogP contribution in [0.3, 0.4) is 0 Å². The Bertz CT molecular complexity index is 484. The first-order valence-electron chi connectivity index (χ1n) is 6.81. The van der Waals surface area contributed by atoms with Crippen LogP contribution in [0.1, 0.15) is 26.7 Å². The molecule has 0 radical (unpaired) electrons. The molecule has 0 bridgehead atoms. The van der Waals surface area contributed by atoms with Crippen molar-refractivity contribution >= 4 is 5.69 Å². The van der Waals surface area contributed by atoms with E-state index in [2.05, 4.69) is 0 Å². The van der Waals surface area contributed by atoms with Crippen molar-refractivity contribution in [3.8, 4) is 11.5 Å². The minimum Gasteiger partial charge on any atom is -0.490 e. The second kappa shape index (κ2) is 6.09. The maximum atomic E-state index is 11.0. The van der Waals surface area contributed by atoms with Crippen molar-refractivity contribution in [2.75, 3.05) is 6.54 Å². The second-order valence-electron chi connectivity index (χ2n) is 5.37. The molecule has 1 aliphatic rings. The summed E-state index contributed by atoms with van der Waals surface area (Å²) in [5.74, 6) is 1.38. The molecule has 2 N–H and O–H groups in total. The molecular formula is C14H20N2O4. The summed E-state index contributed by atoms with van der Waals surface area (Å²) in [7, 11) is 0. The van der Waals surface area contributed by atoms with Crippen molar-refractivity contribution in [3.63, 3.8) is 0 Å². The molecule has 0 atom stereocenters.